The van der Waals surface area contributed by atoms with Crippen molar-refractivity contribution in [2.75, 3.05) is 13.1 Å². The molecule has 4 nitrogen and oxygen atoms in total. The van der Waals surface area contributed by atoms with E-state index >= 15 is 0 Å². The van der Waals surface area contributed by atoms with Crippen LogP contribution in [0, 0.1) is 13.8 Å². The van der Waals surface area contributed by atoms with E-state index in [9.17, 15) is 0 Å². The van der Waals surface area contributed by atoms with Crippen LogP contribution in [0.4, 0.5) is 0 Å². The smallest absolute Gasteiger partial charge is 0.194 e. The van der Waals surface area contributed by atoms with Gasteiger partial charge in [0.1, 0.15) is 0 Å². The van der Waals surface area contributed by atoms with Crippen LogP contribution in [0.3, 0.4) is 0 Å². The topological polar surface area (TPSA) is 32.6 Å². The molecule has 2 aromatic rings. The maximum atomic E-state index is 4.69. The predicted octanol–water partition coefficient (Wildman–Crippen LogP) is 2.73. The summed E-state index contributed by atoms with van der Waals surface area (Å²) in [6.07, 6.45) is 7.68. The SMILES string of the molecule is Cc1cn2c(CNC3CCN4CCCCC34)c(C)nc2s1. The lowest BCUT2D eigenvalue weighted by Gasteiger charge is -2.32. The molecule has 21 heavy (non-hydrogen) atoms. The highest BCUT2D eigenvalue weighted by atomic mass is 32.1. The van der Waals surface area contributed by atoms with Crippen molar-refractivity contribution in [1.29, 1.82) is 0 Å². The molecule has 114 valence electrons. The minimum atomic E-state index is 0.662. The second-order valence-corrected chi connectivity index (χ2v) is 7.73. The van der Waals surface area contributed by atoms with Crippen molar-refractivity contribution in [3.8, 4) is 0 Å². The molecule has 2 saturated heterocycles. The standard InChI is InChI=1S/C16H24N4S/c1-11-10-20-15(12(2)18-16(20)21-11)9-17-13-6-8-19-7-4-3-5-14(13)19/h10,13-14,17H,3-9H2,1-2H3. The highest BCUT2D eigenvalue weighted by Crippen LogP contribution is 2.28. The summed E-state index contributed by atoms with van der Waals surface area (Å²) in [5.74, 6) is 0. The Morgan fingerprint density at radius 3 is 3.10 bits per heavy atom. The largest absolute Gasteiger partial charge is 0.307 e. The zero-order valence-corrected chi connectivity index (χ0v) is 13.7. The molecule has 0 radical (unpaired) electrons. The number of piperidine rings is 1. The molecule has 2 fully saturated rings. The van der Waals surface area contributed by atoms with Crippen LogP contribution in [0.15, 0.2) is 6.20 Å². The number of hydrogen-bond donors (Lipinski definition) is 1. The molecule has 0 aliphatic carbocycles. The Labute approximate surface area is 130 Å². The van der Waals surface area contributed by atoms with Crippen molar-refractivity contribution in [2.24, 2.45) is 0 Å². The summed E-state index contributed by atoms with van der Waals surface area (Å²) in [4.78, 5) is 9.84. The van der Waals surface area contributed by atoms with Gasteiger partial charge < -0.3 is 5.32 Å². The number of rotatable bonds is 3. The Kier molecular flexibility index (Phi) is 3.52. The number of imidazole rings is 1. The molecule has 2 aliphatic rings. The van der Waals surface area contributed by atoms with E-state index in [1.54, 1.807) is 11.3 Å². The molecule has 4 rings (SSSR count). The van der Waals surface area contributed by atoms with Crippen LogP contribution in [0.5, 0.6) is 0 Å². The quantitative estimate of drug-likeness (QED) is 0.946. The molecule has 5 heteroatoms. The molecule has 0 bridgehead atoms. The monoisotopic (exact) mass is 304 g/mol. The highest BCUT2D eigenvalue weighted by molar-refractivity contribution is 7.17. The zero-order chi connectivity index (χ0) is 14.4. The fraction of sp³-hybridized carbons (Fsp3) is 0.688. The lowest BCUT2D eigenvalue weighted by molar-refractivity contribution is 0.180. The molecular formula is C16H24N4S. The lowest BCUT2D eigenvalue weighted by atomic mass is 9.99. The molecule has 0 saturated carbocycles. The summed E-state index contributed by atoms with van der Waals surface area (Å²) >= 11 is 1.78. The predicted molar refractivity (Wildman–Crippen MR) is 87.0 cm³/mol. The number of fused-ring (bicyclic) bond motifs is 2. The Morgan fingerprint density at radius 2 is 2.19 bits per heavy atom. The molecule has 1 N–H and O–H groups in total. The number of thiazole rings is 1. The molecule has 2 aliphatic heterocycles. The lowest BCUT2D eigenvalue weighted by Crippen LogP contribution is -2.44. The van der Waals surface area contributed by atoms with Crippen LogP contribution >= 0.6 is 11.3 Å². The van der Waals surface area contributed by atoms with Gasteiger partial charge in [-0.05, 0) is 39.7 Å². The highest BCUT2D eigenvalue weighted by Gasteiger charge is 2.35. The van der Waals surface area contributed by atoms with Crippen LogP contribution in [0.25, 0.3) is 4.96 Å². The molecule has 2 aromatic heterocycles. The van der Waals surface area contributed by atoms with E-state index in [-0.39, 0.29) is 0 Å². The zero-order valence-electron chi connectivity index (χ0n) is 12.9. The molecular weight excluding hydrogens is 280 g/mol. The van der Waals surface area contributed by atoms with E-state index in [1.807, 2.05) is 0 Å². The second kappa shape index (κ2) is 5.38. The first-order valence-corrected chi connectivity index (χ1v) is 8.95. The molecule has 0 amide bonds. The van der Waals surface area contributed by atoms with Crippen LogP contribution < -0.4 is 5.32 Å². The van der Waals surface area contributed by atoms with Gasteiger partial charge >= 0.3 is 0 Å². The van der Waals surface area contributed by atoms with Crippen LogP contribution in [-0.2, 0) is 6.54 Å². The summed E-state index contributed by atoms with van der Waals surface area (Å²) < 4.78 is 2.27. The third-order valence-electron chi connectivity index (χ3n) is 5.13. The molecule has 2 atom stereocenters. The summed E-state index contributed by atoms with van der Waals surface area (Å²) in [6, 6.07) is 1.43. The van der Waals surface area contributed by atoms with Gasteiger partial charge in [-0.15, -0.1) is 11.3 Å². The summed E-state index contributed by atoms with van der Waals surface area (Å²) in [5.41, 5.74) is 2.51. The first-order valence-electron chi connectivity index (χ1n) is 8.14. The van der Waals surface area contributed by atoms with Crippen molar-refractivity contribution in [3.63, 3.8) is 0 Å². The van der Waals surface area contributed by atoms with Crippen molar-refractivity contribution in [1.82, 2.24) is 19.6 Å². The van der Waals surface area contributed by atoms with Gasteiger partial charge in [-0.2, -0.15) is 0 Å². The normalized spacial score (nSPS) is 26.6. The van der Waals surface area contributed by atoms with Crippen molar-refractivity contribution < 1.29 is 0 Å². The van der Waals surface area contributed by atoms with E-state index < -0.39 is 0 Å². The maximum Gasteiger partial charge on any atom is 0.194 e. The van der Waals surface area contributed by atoms with Crippen LogP contribution in [0.2, 0.25) is 0 Å². The molecule has 4 heterocycles. The average molecular weight is 304 g/mol. The van der Waals surface area contributed by atoms with Crippen LogP contribution in [-0.4, -0.2) is 39.5 Å². The summed E-state index contributed by atoms with van der Waals surface area (Å²) in [5, 5.41) is 3.83. The van der Waals surface area contributed by atoms with Crippen LogP contribution in [0.1, 0.15) is 41.9 Å². The van der Waals surface area contributed by atoms with E-state index in [4.69, 9.17) is 4.98 Å². The Morgan fingerprint density at radius 1 is 1.29 bits per heavy atom. The van der Waals surface area contributed by atoms with Gasteiger partial charge in [0.25, 0.3) is 0 Å². The van der Waals surface area contributed by atoms with E-state index in [2.05, 4.69) is 34.7 Å². The summed E-state index contributed by atoms with van der Waals surface area (Å²) in [6.45, 7) is 7.82. The Balaban J connectivity index is 1.49. The van der Waals surface area contributed by atoms with Gasteiger partial charge in [0.2, 0.25) is 0 Å². The molecule has 2 unspecified atom stereocenters. The Hall–Kier alpha value is -0.910. The van der Waals surface area contributed by atoms with E-state index in [0.717, 1.165) is 17.5 Å². The van der Waals surface area contributed by atoms with Crippen molar-refractivity contribution in [3.05, 3.63) is 22.5 Å². The van der Waals surface area contributed by atoms with Crippen molar-refractivity contribution >= 4 is 16.3 Å². The number of aryl methyl sites for hydroxylation is 2. The van der Waals surface area contributed by atoms with Gasteiger partial charge in [0, 0.05) is 36.2 Å². The van der Waals surface area contributed by atoms with Gasteiger partial charge in [-0.25, -0.2) is 4.98 Å². The van der Waals surface area contributed by atoms with Gasteiger partial charge in [0.15, 0.2) is 4.96 Å². The van der Waals surface area contributed by atoms with E-state index in [0.29, 0.717) is 6.04 Å². The Bertz CT molecular complexity index is 644. The molecule has 0 aromatic carbocycles. The van der Waals surface area contributed by atoms with Gasteiger partial charge in [-0.3, -0.25) is 9.30 Å². The first kappa shape index (κ1) is 13.7. The minimum absolute atomic E-state index is 0.662. The number of aromatic nitrogens is 2. The summed E-state index contributed by atoms with van der Waals surface area (Å²) in [7, 11) is 0. The minimum Gasteiger partial charge on any atom is -0.307 e. The average Bonchev–Trinajstić information content (AvgIpc) is 3.10. The van der Waals surface area contributed by atoms with Gasteiger partial charge in [0.05, 0.1) is 11.4 Å². The van der Waals surface area contributed by atoms with E-state index in [1.165, 1.54) is 55.0 Å². The fourth-order valence-corrected chi connectivity index (χ4v) is 4.93. The molecule has 0 spiro atoms. The maximum absolute atomic E-state index is 4.69. The number of nitrogens with zero attached hydrogens (tertiary/aromatic N) is 3. The first-order chi connectivity index (χ1) is 10.2. The second-order valence-electron chi connectivity index (χ2n) is 6.51. The third-order valence-corrected chi connectivity index (χ3v) is 6.03. The van der Waals surface area contributed by atoms with Crippen molar-refractivity contribution in [2.45, 2.75) is 58.2 Å². The number of nitrogens with one attached hydrogen (secondary N) is 1. The number of hydrogen-bond acceptors (Lipinski definition) is 4. The third kappa shape index (κ3) is 2.41. The fourth-order valence-electron chi connectivity index (χ4n) is 4.04. The van der Waals surface area contributed by atoms with Gasteiger partial charge in [-0.1, -0.05) is 6.42 Å².